The number of benzene rings is 1. The summed E-state index contributed by atoms with van der Waals surface area (Å²) >= 11 is 4.92. The molecule has 0 amide bonds. The summed E-state index contributed by atoms with van der Waals surface area (Å²) in [6, 6.07) is 5.57. The van der Waals surface area contributed by atoms with Gasteiger partial charge < -0.3 is 5.32 Å². The molecule has 0 fully saturated rings. The van der Waals surface area contributed by atoms with Gasteiger partial charge in [-0.2, -0.15) is 24.5 Å². The van der Waals surface area contributed by atoms with Gasteiger partial charge in [-0.15, -0.1) is 0 Å². The molecule has 0 aliphatic carbocycles. The SMILES string of the molecule is CNC(Cc1ccsc1)c1cc(C(F)(F)F)ccc1Br. The normalized spacial score (nSPS) is 13.4. The highest BCUT2D eigenvalue weighted by Crippen LogP contribution is 2.34. The van der Waals surface area contributed by atoms with E-state index in [2.05, 4.69) is 21.2 Å². The fourth-order valence-corrected chi connectivity index (χ4v) is 3.20. The first-order valence-electron chi connectivity index (χ1n) is 5.97. The van der Waals surface area contributed by atoms with Crippen molar-refractivity contribution in [3.05, 3.63) is 56.2 Å². The van der Waals surface area contributed by atoms with E-state index in [9.17, 15) is 13.2 Å². The molecule has 2 aromatic rings. The molecule has 1 heterocycles. The van der Waals surface area contributed by atoms with E-state index in [0.717, 1.165) is 11.6 Å². The van der Waals surface area contributed by atoms with E-state index < -0.39 is 11.7 Å². The van der Waals surface area contributed by atoms with E-state index in [1.54, 1.807) is 18.4 Å². The minimum absolute atomic E-state index is 0.165. The third-order valence-electron chi connectivity index (χ3n) is 3.07. The van der Waals surface area contributed by atoms with Crippen LogP contribution in [0.2, 0.25) is 0 Å². The van der Waals surface area contributed by atoms with Crippen LogP contribution in [-0.2, 0) is 12.6 Å². The van der Waals surface area contributed by atoms with Crippen molar-refractivity contribution in [2.45, 2.75) is 18.6 Å². The van der Waals surface area contributed by atoms with Gasteiger partial charge in [-0.3, -0.25) is 0 Å². The van der Waals surface area contributed by atoms with Crippen LogP contribution in [-0.4, -0.2) is 7.05 Å². The molecule has 1 aromatic carbocycles. The summed E-state index contributed by atoms with van der Waals surface area (Å²) in [6.07, 6.45) is -3.67. The summed E-state index contributed by atoms with van der Waals surface area (Å²) in [6.45, 7) is 0. The Morgan fingerprint density at radius 3 is 2.60 bits per heavy atom. The van der Waals surface area contributed by atoms with Crippen molar-refractivity contribution < 1.29 is 13.2 Å². The summed E-state index contributed by atoms with van der Waals surface area (Å²) < 4.78 is 39.1. The maximum Gasteiger partial charge on any atom is 0.416 e. The van der Waals surface area contributed by atoms with Gasteiger partial charge in [0.2, 0.25) is 0 Å². The van der Waals surface area contributed by atoms with Crippen molar-refractivity contribution >= 4 is 27.3 Å². The molecule has 1 aromatic heterocycles. The molecule has 0 radical (unpaired) electrons. The fourth-order valence-electron chi connectivity index (χ4n) is 2.00. The zero-order valence-corrected chi connectivity index (χ0v) is 13.1. The molecule has 0 bridgehead atoms. The van der Waals surface area contributed by atoms with Crippen LogP contribution in [0.15, 0.2) is 39.5 Å². The molecule has 0 saturated carbocycles. The summed E-state index contributed by atoms with van der Waals surface area (Å²) in [5.41, 5.74) is 1.11. The Labute approximate surface area is 128 Å². The topological polar surface area (TPSA) is 12.0 Å². The Hall–Kier alpha value is -0.850. The highest BCUT2D eigenvalue weighted by Gasteiger charge is 2.31. The van der Waals surface area contributed by atoms with Crippen LogP contribution >= 0.6 is 27.3 Å². The number of thiophene rings is 1. The van der Waals surface area contributed by atoms with Gasteiger partial charge in [-0.25, -0.2) is 0 Å². The Morgan fingerprint density at radius 1 is 1.30 bits per heavy atom. The maximum atomic E-state index is 12.8. The van der Waals surface area contributed by atoms with E-state index in [-0.39, 0.29) is 6.04 Å². The van der Waals surface area contributed by atoms with Crippen LogP contribution in [0.5, 0.6) is 0 Å². The van der Waals surface area contributed by atoms with Gasteiger partial charge in [-0.05, 0) is 59.6 Å². The predicted molar refractivity (Wildman–Crippen MR) is 79.0 cm³/mol. The Bertz CT molecular complexity index is 566. The third kappa shape index (κ3) is 3.62. The van der Waals surface area contributed by atoms with Crippen molar-refractivity contribution in [3.63, 3.8) is 0 Å². The van der Waals surface area contributed by atoms with Crippen molar-refractivity contribution in [1.29, 1.82) is 0 Å². The van der Waals surface area contributed by atoms with Crippen molar-refractivity contribution in [3.8, 4) is 0 Å². The fraction of sp³-hybridized carbons (Fsp3) is 0.286. The van der Waals surface area contributed by atoms with Gasteiger partial charge in [0.15, 0.2) is 0 Å². The van der Waals surface area contributed by atoms with Crippen LogP contribution in [0, 0.1) is 0 Å². The number of alkyl halides is 3. The molecule has 2 rings (SSSR count). The summed E-state index contributed by atoms with van der Waals surface area (Å²) in [4.78, 5) is 0. The summed E-state index contributed by atoms with van der Waals surface area (Å²) in [5.74, 6) is 0. The Morgan fingerprint density at radius 2 is 2.05 bits per heavy atom. The maximum absolute atomic E-state index is 12.8. The highest BCUT2D eigenvalue weighted by molar-refractivity contribution is 9.10. The lowest BCUT2D eigenvalue weighted by Gasteiger charge is -2.19. The molecule has 1 atom stereocenters. The second-order valence-electron chi connectivity index (χ2n) is 4.41. The van der Waals surface area contributed by atoms with Crippen molar-refractivity contribution in [1.82, 2.24) is 5.32 Å². The first-order chi connectivity index (χ1) is 9.41. The van der Waals surface area contributed by atoms with Crippen LogP contribution in [0.3, 0.4) is 0 Å². The standard InChI is InChI=1S/C14H13BrF3NS/c1-19-13(6-9-4-5-20-8-9)11-7-10(14(16,17)18)2-3-12(11)15/h2-5,7-8,13,19H,6H2,1H3. The smallest absolute Gasteiger partial charge is 0.313 e. The van der Waals surface area contributed by atoms with Crippen molar-refractivity contribution in [2.75, 3.05) is 7.05 Å². The van der Waals surface area contributed by atoms with Crippen LogP contribution in [0.25, 0.3) is 0 Å². The van der Waals surface area contributed by atoms with Crippen molar-refractivity contribution in [2.24, 2.45) is 0 Å². The number of halogens is 4. The Balaban J connectivity index is 2.33. The quantitative estimate of drug-likeness (QED) is 0.802. The summed E-state index contributed by atoms with van der Waals surface area (Å²) in [7, 11) is 1.75. The van der Waals surface area contributed by atoms with Gasteiger partial charge in [0.05, 0.1) is 5.56 Å². The minimum atomic E-state index is -4.32. The second kappa shape index (κ2) is 6.28. The molecule has 1 N–H and O–H groups in total. The predicted octanol–water partition coefficient (Wildman–Crippen LogP) is 5.03. The van der Waals surface area contributed by atoms with Gasteiger partial charge in [0, 0.05) is 10.5 Å². The second-order valence-corrected chi connectivity index (χ2v) is 6.05. The van der Waals surface area contributed by atoms with Gasteiger partial charge >= 0.3 is 6.18 Å². The van der Waals surface area contributed by atoms with E-state index in [0.29, 0.717) is 16.5 Å². The number of rotatable bonds is 4. The lowest BCUT2D eigenvalue weighted by Crippen LogP contribution is -2.20. The molecule has 0 spiro atoms. The molecule has 20 heavy (non-hydrogen) atoms. The van der Waals surface area contributed by atoms with E-state index in [4.69, 9.17) is 0 Å². The van der Waals surface area contributed by atoms with Crippen LogP contribution in [0.1, 0.15) is 22.7 Å². The minimum Gasteiger partial charge on any atom is -0.313 e. The first-order valence-corrected chi connectivity index (χ1v) is 7.70. The van der Waals surface area contributed by atoms with E-state index in [1.807, 2.05) is 16.8 Å². The Kier molecular flexibility index (Phi) is 4.88. The number of nitrogens with one attached hydrogen (secondary N) is 1. The average Bonchev–Trinajstić information content (AvgIpc) is 2.88. The molecule has 108 valence electrons. The van der Waals surface area contributed by atoms with Crippen LogP contribution < -0.4 is 5.32 Å². The zero-order chi connectivity index (χ0) is 14.8. The monoisotopic (exact) mass is 363 g/mol. The summed E-state index contributed by atoms with van der Waals surface area (Å²) in [5, 5.41) is 7.05. The molecular formula is C14H13BrF3NS. The largest absolute Gasteiger partial charge is 0.416 e. The lowest BCUT2D eigenvalue weighted by atomic mass is 9.98. The number of hydrogen-bond donors (Lipinski definition) is 1. The van der Waals surface area contributed by atoms with E-state index >= 15 is 0 Å². The molecule has 0 aliphatic heterocycles. The zero-order valence-electron chi connectivity index (χ0n) is 10.7. The van der Waals surface area contributed by atoms with Gasteiger partial charge in [-0.1, -0.05) is 15.9 Å². The number of hydrogen-bond acceptors (Lipinski definition) is 2. The van der Waals surface area contributed by atoms with Crippen LogP contribution in [0.4, 0.5) is 13.2 Å². The molecule has 0 aliphatic rings. The molecular weight excluding hydrogens is 351 g/mol. The lowest BCUT2D eigenvalue weighted by molar-refractivity contribution is -0.137. The highest BCUT2D eigenvalue weighted by atomic mass is 79.9. The molecule has 1 unspecified atom stereocenters. The molecule has 0 saturated heterocycles. The average molecular weight is 364 g/mol. The molecule has 6 heteroatoms. The molecule has 1 nitrogen and oxygen atoms in total. The van der Waals surface area contributed by atoms with E-state index in [1.165, 1.54) is 12.1 Å². The van der Waals surface area contributed by atoms with Gasteiger partial charge in [0.25, 0.3) is 0 Å². The first kappa shape index (κ1) is 15.5. The number of likely N-dealkylation sites (N-methyl/N-ethyl adjacent to an activating group) is 1. The van der Waals surface area contributed by atoms with Gasteiger partial charge in [0.1, 0.15) is 0 Å². The third-order valence-corrected chi connectivity index (χ3v) is 4.52.